The maximum atomic E-state index is 13.4. The van der Waals surface area contributed by atoms with Gasteiger partial charge in [-0.2, -0.15) is 0 Å². The van der Waals surface area contributed by atoms with Crippen LogP contribution in [0.15, 0.2) is 60.7 Å². The molecule has 2 aliphatic rings. The second-order valence-corrected chi connectivity index (χ2v) is 10.1. The van der Waals surface area contributed by atoms with Crippen LogP contribution >= 0.6 is 0 Å². The van der Waals surface area contributed by atoms with Gasteiger partial charge in [0.15, 0.2) is 0 Å². The lowest BCUT2D eigenvalue weighted by Crippen LogP contribution is -2.58. The van der Waals surface area contributed by atoms with Crippen molar-refractivity contribution in [1.82, 2.24) is 14.7 Å². The Labute approximate surface area is 194 Å². The van der Waals surface area contributed by atoms with Crippen LogP contribution in [-0.4, -0.2) is 66.4 Å². The third-order valence-electron chi connectivity index (χ3n) is 7.44. The molecule has 0 aromatic heterocycles. The predicted molar refractivity (Wildman–Crippen MR) is 131 cm³/mol. The summed E-state index contributed by atoms with van der Waals surface area (Å²) in [5, 5.41) is 0. The number of likely N-dealkylation sites (tertiary alicyclic amines) is 1. The van der Waals surface area contributed by atoms with Crippen molar-refractivity contribution in [3.63, 3.8) is 0 Å². The van der Waals surface area contributed by atoms with E-state index < -0.39 is 0 Å². The minimum absolute atomic E-state index is 0.227. The number of amides is 1. The third-order valence-corrected chi connectivity index (χ3v) is 7.44. The summed E-state index contributed by atoms with van der Waals surface area (Å²) in [4.78, 5) is 20.6. The Bertz CT molecular complexity index is 806. The minimum atomic E-state index is 0.227. The molecule has 32 heavy (non-hydrogen) atoms. The van der Waals surface area contributed by atoms with Gasteiger partial charge in [-0.3, -0.25) is 9.69 Å². The molecular formula is C28H39N3O. The fraction of sp³-hybridized carbons (Fsp3) is 0.536. The molecule has 0 unspecified atom stereocenters. The molecule has 0 radical (unpaired) electrons. The van der Waals surface area contributed by atoms with Crippen molar-refractivity contribution in [2.45, 2.75) is 45.2 Å². The van der Waals surface area contributed by atoms with E-state index in [9.17, 15) is 4.79 Å². The van der Waals surface area contributed by atoms with Crippen LogP contribution in [-0.2, 0) is 4.79 Å². The Hall–Kier alpha value is -2.17. The van der Waals surface area contributed by atoms with Gasteiger partial charge >= 0.3 is 0 Å². The van der Waals surface area contributed by atoms with E-state index in [0.717, 1.165) is 52.0 Å². The average molecular weight is 434 g/mol. The highest BCUT2D eigenvalue weighted by Gasteiger charge is 2.36. The topological polar surface area (TPSA) is 26.8 Å². The minimum Gasteiger partial charge on any atom is -0.337 e. The molecule has 4 nitrogen and oxygen atoms in total. The van der Waals surface area contributed by atoms with E-state index in [1.54, 1.807) is 0 Å². The van der Waals surface area contributed by atoms with Crippen LogP contribution < -0.4 is 0 Å². The van der Waals surface area contributed by atoms with Crippen LogP contribution in [0, 0.1) is 11.8 Å². The molecule has 2 fully saturated rings. The lowest BCUT2D eigenvalue weighted by Gasteiger charge is -2.47. The van der Waals surface area contributed by atoms with E-state index in [-0.39, 0.29) is 12.1 Å². The van der Waals surface area contributed by atoms with Crippen molar-refractivity contribution in [2.24, 2.45) is 11.8 Å². The van der Waals surface area contributed by atoms with Crippen LogP contribution in [0.5, 0.6) is 0 Å². The summed E-state index contributed by atoms with van der Waals surface area (Å²) in [6.07, 6.45) is 3.02. The molecule has 2 aromatic rings. The Morgan fingerprint density at radius 3 is 1.97 bits per heavy atom. The Kier molecular flexibility index (Phi) is 7.64. The summed E-state index contributed by atoms with van der Waals surface area (Å²) in [6, 6.07) is 22.1. The monoisotopic (exact) mass is 433 g/mol. The van der Waals surface area contributed by atoms with Crippen LogP contribution in [0.2, 0.25) is 0 Å². The number of nitrogens with zero attached hydrogens (tertiary/aromatic N) is 3. The lowest BCUT2D eigenvalue weighted by atomic mass is 9.90. The van der Waals surface area contributed by atoms with E-state index in [4.69, 9.17) is 0 Å². The molecule has 2 aromatic carbocycles. The normalized spacial score (nSPS) is 21.4. The van der Waals surface area contributed by atoms with Gasteiger partial charge in [0.1, 0.15) is 0 Å². The highest BCUT2D eigenvalue weighted by molar-refractivity contribution is 5.77. The van der Waals surface area contributed by atoms with Gasteiger partial charge in [0.25, 0.3) is 0 Å². The molecule has 1 amide bonds. The molecule has 0 N–H and O–H groups in total. The number of rotatable bonds is 6. The fourth-order valence-corrected chi connectivity index (χ4v) is 5.46. The molecule has 0 saturated carbocycles. The summed E-state index contributed by atoms with van der Waals surface area (Å²) in [6.45, 7) is 9.44. The maximum absolute atomic E-state index is 13.4. The SMILES string of the molecule is CC(C)[C@H]1CN(C(c2ccccc2)c2ccccc2)CCN1C(=O)CC1CCN(C)CC1. The molecule has 4 rings (SSSR count). The van der Waals surface area contributed by atoms with E-state index in [1.165, 1.54) is 11.1 Å². The third kappa shape index (κ3) is 5.41. The molecule has 1 atom stereocenters. The quantitative estimate of drug-likeness (QED) is 0.662. The number of hydrogen-bond acceptors (Lipinski definition) is 3. The number of benzene rings is 2. The lowest BCUT2D eigenvalue weighted by molar-refractivity contribution is -0.139. The fourth-order valence-electron chi connectivity index (χ4n) is 5.46. The van der Waals surface area contributed by atoms with Gasteiger partial charge in [-0.05, 0) is 55.9 Å². The van der Waals surface area contributed by atoms with Crippen molar-refractivity contribution in [3.05, 3.63) is 71.8 Å². The Morgan fingerprint density at radius 2 is 1.44 bits per heavy atom. The summed E-state index contributed by atoms with van der Waals surface area (Å²) >= 11 is 0. The highest BCUT2D eigenvalue weighted by atomic mass is 16.2. The van der Waals surface area contributed by atoms with Crippen LogP contribution in [0.4, 0.5) is 0 Å². The molecule has 2 heterocycles. The second kappa shape index (κ2) is 10.6. The summed E-state index contributed by atoms with van der Waals surface area (Å²) in [5.74, 6) is 1.35. The second-order valence-electron chi connectivity index (χ2n) is 10.1. The van der Waals surface area contributed by atoms with Crippen molar-refractivity contribution < 1.29 is 4.79 Å². The molecule has 4 heteroatoms. The first-order valence-electron chi connectivity index (χ1n) is 12.3. The zero-order chi connectivity index (χ0) is 22.5. The van der Waals surface area contributed by atoms with Gasteiger partial charge in [0.2, 0.25) is 5.91 Å². The first-order valence-corrected chi connectivity index (χ1v) is 12.3. The molecule has 172 valence electrons. The van der Waals surface area contributed by atoms with Gasteiger partial charge in [-0.25, -0.2) is 0 Å². The van der Waals surface area contributed by atoms with Crippen molar-refractivity contribution in [3.8, 4) is 0 Å². The van der Waals surface area contributed by atoms with Crippen LogP contribution in [0.1, 0.15) is 50.3 Å². The first-order chi connectivity index (χ1) is 15.5. The average Bonchev–Trinajstić information content (AvgIpc) is 2.82. The van der Waals surface area contributed by atoms with Crippen molar-refractivity contribution >= 4 is 5.91 Å². The van der Waals surface area contributed by atoms with Gasteiger partial charge in [-0.1, -0.05) is 74.5 Å². The smallest absolute Gasteiger partial charge is 0.223 e. The predicted octanol–water partition coefficient (Wildman–Crippen LogP) is 4.68. The standard InChI is InChI=1S/C28H39N3O/c1-22(2)26-21-30(18-19-31(26)27(32)20-23-14-16-29(3)17-15-23)28(24-10-6-4-7-11-24)25-12-8-5-9-13-25/h4-13,22-23,26,28H,14-21H2,1-3H3/t26-/m1/s1. The highest BCUT2D eigenvalue weighted by Crippen LogP contribution is 2.32. The van der Waals surface area contributed by atoms with Gasteiger partial charge in [0.05, 0.1) is 6.04 Å². The Balaban J connectivity index is 1.50. The molecule has 2 aliphatic heterocycles. The van der Waals surface area contributed by atoms with Gasteiger partial charge in [-0.15, -0.1) is 0 Å². The zero-order valence-electron chi connectivity index (χ0n) is 20.0. The van der Waals surface area contributed by atoms with E-state index in [2.05, 4.69) is 96.3 Å². The van der Waals surface area contributed by atoms with Crippen molar-refractivity contribution in [2.75, 3.05) is 39.8 Å². The summed E-state index contributed by atoms with van der Waals surface area (Å²) in [7, 11) is 2.18. The molecular weight excluding hydrogens is 394 g/mol. The molecule has 0 aliphatic carbocycles. The first kappa shape index (κ1) is 23.0. The largest absolute Gasteiger partial charge is 0.337 e. The molecule has 2 saturated heterocycles. The molecule has 0 spiro atoms. The number of piperidine rings is 1. The van der Waals surface area contributed by atoms with E-state index in [0.29, 0.717) is 17.7 Å². The summed E-state index contributed by atoms with van der Waals surface area (Å²) in [5.41, 5.74) is 2.65. The zero-order valence-corrected chi connectivity index (χ0v) is 20.0. The van der Waals surface area contributed by atoms with Crippen LogP contribution in [0.25, 0.3) is 0 Å². The Morgan fingerprint density at radius 1 is 0.875 bits per heavy atom. The summed E-state index contributed by atoms with van der Waals surface area (Å²) < 4.78 is 0. The van der Waals surface area contributed by atoms with Gasteiger partial charge < -0.3 is 9.80 Å². The maximum Gasteiger partial charge on any atom is 0.223 e. The number of carbonyl (C=O) groups excluding carboxylic acids is 1. The van der Waals surface area contributed by atoms with E-state index in [1.807, 2.05) is 0 Å². The van der Waals surface area contributed by atoms with Crippen LogP contribution in [0.3, 0.4) is 0 Å². The number of hydrogen-bond donors (Lipinski definition) is 0. The van der Waals surface area contributed by atoms with Gasteiger partial charge in [0, 0.05) is 32.1 Å². The number of carbonyl (C=O) groups is 1. The molecule has 0 bridgehead atoms. The van der Waals surface area contributed by atoms with Crippen molar-refractivity contribution in [1.29, 1.82) is 0 Å². The number of piperazine rings is 1. The van der Waals surface area contributed by atoms with E-state index >= 15 is 0 Å².